The van der Waals surface area contributed by atoms with Crippen molar-refractivity contribution in [2.75, 3.05) is 50.8 Å². The molecule has 4 rings (SSSR count). The molecule has 154 valence electrons. The minimum Gasteiger partial charge on any atom is -0.490 e. The van der Waals surface area contributed by atoms with Crippen molar-refractivity contribution in [3.05, 3.63) is 48.2 Å². The Balaban J connectivity index is 1.40. The molecule has 0 saturated carbocycles. The van der Waals surface area contributed by atoms with Gasteiger partial charge in [0.05, 0.1) is 19.8 Å². The molecule has 1 N–H and O–H groups in total. The van der Waals surface area contributed by atoms with Crippen LogP contribution in [-0.4, -0.2) is 61.8 Å². The van der Waals surface area contributed by atoms with E-state index >= 15 is 0 Å². The molecule has 0 aliphatic carbocycles. The zero-order valence-corrected chi connectivity index (χ0v) is 17.0. The van der Waals surface area contributed by atoms with Gasteiger partial charge in [-0.25, -0.2) is 9.98 Å². The van der Waals surface area contributed by atoms with Crippen LogP contribution in [0.15, 0.2) is 47.6 Å². The number of nitrogens with zero attached hydrogens (tertiary/aromatic N) is 4. The fourth-order valence-corrected chi connectivity index (χ4v) is 3.59. The molecule has 0 spiro atoms. The molecule has 1 fully saturated rings. The summed E-state index contributed by atoms with van der Waals surface area (Å²) in [5, 5.41) is 3.44. The van der Waals surface area contributed by atoms with Crippen LogP contribution >= 0.6 is 0 Å². The van der Waals surface area contributed by atoms with Crippen molar-refractivity contribution >= 4 is 11.8 Å². The van der Waals surface area contributed by atoms with Gasteiger partial charge in [-0.2, -0.15) is 0 Å². The summed E-state index contributed by atoms with van der Waals surface area (Å²) in [7, 11) is 0. The Bertz CT molecular complexity index is 819. The summed E-state index contributed by atoms with van der Waals surface area (Å²) in [4.78, 5) is 14.0. The van der Waals surface area contributed by atoms with Crippen LogP contribution in [0.3, 0.4) is 0 Å². The molecule has 3 heterocycles. The number of rotatable bonds is 4. The Kier molecular flexibility index (Phi) is 6.34. The van der Waals surface area contributed by atoms with Gasteiger partial charge >= 0.3 is 0 Å². The standard InChI is InChI=1S/C22H29N5O2/c1-2-23-22(27-12-10-26(11-13-27)21-6-3-4-9-24-21)25-17-18-7-8-19-20(16-18)29-15-5-14-28-19/h3-4,6-9,16H,2,5,10-15,17H2,1H3,(H,23,25). The van der Waals surface area contributed by atoms with Gasteiger partial charge in [-0.15, -0.1) is 0 Å². The van der Waals surface area contributed by atoms with Gasteiger partial charge in [0.2, 0.25) is 0 Å². The van der Waals surface area contributed by atoms with Gasteiger partial charge in [0.25, 0.3) is 0 Å². The minimum absolute atomic E-state index is 0.611. The number of ether oxygens (including phenoxy) is 2. The molecular weight excluding hydrogens is 366 g/mol. The minimum atomic E-state index is 0.611. The lowest BCUT2D eigenvalue weighted by molar-refractivity contribution is 0.297. The predicted octanol–water partition coefficient (Wildman–Crippen LogP) is 2.53. The number of guanidine groups is 1. The number of nitrogens with one attached hydrogen (secondary N) is 1. The van der Waals surface area contributed by atoms with Crippen LogP contribution < -0.4 is 19.7 Å². The fourth-order valence-electron chi connectivity index (χ4n) is 3.59. The highest BCUT2D eigenvalue weighted by Crippen LogP contribution is 2.30. The van der Waals surface area contributed by atoms with E-state index in [9.17, 15) is 0 Å². The van der Waals surface area contributed by atoms with E-state index in [2.05, 4.69) is 39.2 Å². The van der Waals surface area contributed by atoms with Gasteiger partial charge in [0.1, 0.15) is 5.82 Å². The first kappa shape index (κ1) is 19.4. The van der Waals surface area contributed by atoms with Crippen molar-refractivity contribution in [1.29, 1.82) is 0 Å². The summed E-state index contributed by atoms with van der Waals surface area (Å²) in [6.07, 6.45) is 2.76. The molecule has 7 heteroatoms. The van der Waals surface area contributed by atoms with Crippen molar-refractivity contribution in [3.63, 3.8) is 0 Å². The quantitative estimate of drug-likeness (QED) is 0.634. The van der Waals surface area contributed by atoms with Crippen LogP contribution in [0.25, 0.3) is 0 Å². The van der Waals surface area contributed by atoms with Crippen molar-refractivity contribution in [3.8, 4) is 11.5 Å². The zero-order chi connectivity index (χ0) is 19.9. The second-order valence-corrected chi connectivity index (χ2v) is 7.16. The third-order valence-electron chi connectivity index (χ3n) is 5.11. The third kappa shape index (κ3) is 4.91. The lowest BCUT2D eigenvalue weighted by Crippen LogP contribution is -2.52. The van der Waals surface area contributed by atoms with Crippen LogP contribution in [0.4, 0.5) is 5.82 Å². The molecular formula is C22H29N5O2. The van der Waals surface area contributed by atoms with Gasteiger partial charge in [0, 0.05) is 45.3 Å². The van der Waals surface area contributed by atoms with Crippen LogP contribution in [0, 0.1) is 0 Å². The van der Waals surface area contributed by atoms with E-state index in [1.54, 1.807) is 0 Å². The molecule has 2 aromatic rings. The van der Waals surface area contributed by atoms with E-state index in [-0.39, 0.29) is 0 Å². The van der Waals surface area contributed by atoms with Crippen molar-refractivity contribution in [1.82, 2.24) is 15.2 Å². The highest BCUT2D eigenvalue weighted by Gasteiger charge is 2.20. The smallest absolute Gasteiger partial charge is 0.194 e. The molecule has 2 aliphatic rings. The largest absolute Gasteiger partial charge is 0.490 e. The normalized spacial score (nSPS) is 17.1. The topological polar surface area (TPSA) is 62.2 Å². The Morgan fingerprint density at radius 1 is 1.07 bits per heavy atom. The van der Waals surface area contributed by atoms with Gasteiger partial charge < -0.3 is 24.6 Å². The second-order valence-electron chi connectivity index (χ2n) is 7.16. The van der Waals surface area contributed by atoms with E-state index in [1.165, 1.54) is 0 Å². The van der Waals surface area contributed by atoms with Crippen LogP contribution in [0.1, 0.15) is 18.9 Å². The first-order valence-corrected chi connectivity index (χ1v) is 10.4. The third-order valence-corrected chi connectivity index (χ3v) is 5.11. The first-order chi connectivity index (χ1) is 14.3. The molecule has 2 aliphatic heterocycles. The Hall–Kier alpha value is -2.96. The van der Waals surface area contributed by atoms with Gasteiger partial charge in [0.15, 0.2) is 17.5 Å². The Labute approximate surface area is 172 Å². The van der Waals surface area contributed by atoms with Gasteiger partial charge in [-0.1, -0.05) is 12.1 Å². The number of hydrogen-bond acceptors (Lipinski definition) is 5. The molecule has 0 bridgehead atoms. The summed E-state index contributed by atoms with van der Waals surface area (Å²) in [6.45, 7) is 8.68. The molecule has 0 amide bonds. The van der Waals surface area contributed by atoms with Crippen molar-refractivity contribution in [2.24, 2.45) is 4.99 Å². The monoisotopic (exact) mass is 395 g/mol. The lowest BCUT2D eigenvalue weighted by Gasteiger charge is -2.37. The maximum absolute atomic E-state index is 5.80. The summed E-state index contributed by atoms with van der Waals surface area (Å²) in [5.41, 5.74) is 1.12. The predicted molar refractivity (Wildman–Crippen MR) is 115 cm³/mol. The summed E-state index contributed by atoms with van der Waals surface area (Å²) in [5.74, 6) is 3.65. The Morgan fingerprint density at radius 3 is 2.66 bits per heavy atom. The van der Waals surface area contributed by atoms with Crippen LogP contribution in [-0.2, 0) is 6.54 Å². The molecule has 1 saturated heterocycles. The second kappa shape index (κ2) is 9.49. The van der Waals surface area contributed by atoms with Crippen LogP contribution in [0.5, 0.6) is 11.5 Å². The first-order valence-electron chi connectivity index (χ1n) is 10.4. The lowest BCUT2D eigenvalue weighted by atomic mass is 10.2. The summed E-state index contributed by atoms with van der Waals surface area (Å²) >= 11 is 0. The highest BCUT2D eigenvalue weighted by atomic mass is 16.5. The fraction of sp³-hybridized carbons (Fsp3) is 0.455. The summed E-state index contributed by atoms with van der Waals surface area (Å²) in [6, 6.07) is 12.2. The number of fused-ring (bicyclic) bond motifs is 1. The number of anilines is 1. The maximum Gasteiger partial charge on any atom is 0.194 e. The molecule has 0 radical (unpaired) electrons. The highest BCUT2D eigenvalue weighted by molar-refractivity contribution is 5.80. The number of hydrogen-bond donors (Lipinski definition) is 1. The van der Waals surface area contributed by atoms with E-state index < -0.39 is 0 Å². The molecule has 7 nitrogen and oxygen atoms in total. The summed E-state index contributed by atoms with van der Waals surface area (Å²) < 4.78 is 11.5. The number of benzene rings is 1. The molecule has 1 aromatic heterocycles. The van der Waals surface area contributed by atoms with E-state index in [0.717, 1.165) is 68.0 Å². The molecule has 0 atom stereocenters. The van der Waals surface area contributed by atoms with E-state index in [1.807, 2.05) is 30.5 Å². The molecule has 29 heavy (non-hydrogen) atoms. The van der Waals surface area contributed by atoms with Gasteiger partial charge in [-0.3, -0.25) is 0 Å². The maximum atomic E-state index is 5.80. The van der Waals surface area contributed by atoms with Gasteiger partial charge in [-0.05, 0) is 36.8 Å². The number of pyridine rings is 1. The molecule has 0 unspecified atom stereocenters. The number of aromatic nitrogens is 1. The average Bonchev–Trinajstić information content (AvgIpc) is 3.02. The zero-order valence-electron chi connectivity index (χ0n) is 17.0. The molecule has 1 aromatic carbocycles. The van der Waals surface area contributed by atoms with E-state index in [4.69, 9.17) is 14.5 Å². The Morgan fingerprint density at radius 2 is 1.90 bits per heavy atom. The average molecular weight is 396 g/mol. The van der Waals surface area contributed by atoms with E-state index in [0.29, 0.717) is 19.8 Å². The van der Waals surface area contributed by atoms with Crippen molar-refractivity contribution < 1.29 is 9.47 Å². The SMILES string of the molecule is CCNC(=NCc1ccc2c(c1)OCCCO2)N1CCN(c2ccccn2)CC1. The van der Waals surface area contributed by atoms with Crippen LogP contribution in [0.2, 0.25) is 0 Å². The van der Waals surface area contributed by atoms with Crippen molar-refractivity contribution in [2.45, 2.75) is 19.9 Å². The number of aliphatic imine (C=N–C) groups is 1. The number of piperazine rings is 1.